The van der Waals surface area contributed by atoms with E-state index in [1.165, 1.54) is 19.3 Å². The molecule has 2 rings (SSSR count). The molecule has 0 amide bonds. The number of hydrogen-bond donors (Lipinski definition) is 0. The van der Waals surface area contributed by atoms with Crippen LogP contribution in [0, 0.1) is 0 Å². The lowest BCUT2D eigenvalue weighted by Gasteiger charge is -2.00. The lowest BCUT2D eigenvalue weighted by Crippen LogP contribution is -1.98. The van der Waals surface area contributed by atoms with Crippen molar-refractivity contribution in [1.29, 1.82) is 0 Å². The third-order valence-electron chi connectivity index (χ3n) is 2.25. The Bertz CT molecular complexity index is 484. The number of halogens is 3. The summed E-state index contributed by atoms with van der Waals surface area (Å²) in [5.74, 6) is 1.46. The molecule has 2 heterocycles. The summed E-state index contributed by atoms with van der Waals surface area (Å²) in [6.45, 7) is 2.17. The molecule has 0 fully saturated rings. The van der Waals surface area contributed by atoms with Gasteiger partial charge in [-0.15, -0.1) is 11.6 Å². The molecule has 0 N–H and O–H groups in total. The van der Waals surface area contributed by atoms with Gasteiger partial charge in [0.2, 0.25) is 0 Å². The van der Waals surface area contributed by atoms with Crippen molar-refractivity contribution in [3.05, 3.63) is 40.2 Å². The second-order valence-electron chi connectivity index (χ2n) is 3.79. The van der Waals surface area contributed by atoms with Gasteiger partial charge >= 0.3 is 0 Å². The average molecular weight is 365 g/mol. The first-order valence-electron chi connectivity index (χ1n) is 6.07. The zero-order valence-corrected chi connectivity index (χ0v) is 13.8. The molecule has 6 heteroatoms. The molecule has 0 aliphatic carbocycles. The Labute approximate surface area is 132 Å². The third kappa shape index (κ3) is 5.93. The van der Waals surface area contributed by atoms with Crippen LogP contribution in [0.15, 0.2) is 35.2 Å². The molecule has 0 radical (unpaired) electrons. The predicted octanol–water partition coefficient (Wildman–Crippen LogP) is 5.10. The molecule has 2 aromatic heterocycles. The number of nitrogens with zero attached hydrogens (tertiary/aromatic N) is 3. The SMILES string of the molecule is CCCCCCl.Clc1cccnc1-n1ccc(Br)n1. The normalized spacial score (nSPS) is 9.89. The highest BCUT2D eigenvalue weighted by Gasteiger charge is 2.03. The summed E-state index contributed by atoms with van der Waals surface area (Å²) in [5.41, 5.74) is 0. The zero-order chi connectivity index (χ0) is 14.1. The molecule has 0 aromatic carbocycles. The van der Waals surface area contributed by atoms with Crippen LogP contribution in [-0.4, -0.2) is 20.6 Å². The van der Waals surface area contributed by atoms with Crippen molar-refractivity contribution in [3.8, 4) is 5.82 Å². The minimum Gasteiger partial charge on any atom is -0.236 e. The summed E-state index contributed by atoms with van der Waals surface area (Å²) in [6.07, 6.45) is 7.20. The van der Waals surface area contributed by atoms with Gasteiger partial charge in [0.15, 0.2) is 5.82 Å². The maximum absolute atomic E-state index is 5.93. The van der Waals surface area contributed by atoms with Gasteiger partial charge < -0.3 is 0 Å². The highest BCUT2D eigenvalue weighted by Crippen LogP contribution is 2.17. The van der Waals surface area contributed by atoms with Crippen molar-refractivity contribution in [2.24, 2.45) is 0 Å². The van der Waals surface area contributed by atoms with Gasteiger partial charge in [-0.2, -0.15) is 5.10 Å². The molecular formula is C13H16BrCl2N3. The number of rotatable bonds is 4. The second kappa shape index (κ2) is 9.34. The summed E-state index contributed by atoms with van der Waals surface area (Å²) in [7, 11) is 0. The zero-order valence-electron chi connectivity index (χ0n) is 10.7. The van der Waals surface area contributed by atoms with Crippen LogP contribution in [0.3, 0.4) is 0 Å². The largest absolute Gasteiger partial charge is 0.236 e. The van der Waals surface area contributed by atoms with Crippen LogP contribution in [0.4, 0.5) is 0 Å². The third-order valence-corrected chi connectivity index (χ3v) is 3.23. The molecular weight excluding hydrogens is 349 g/mol. The molecule has 0 saturated carbocycles. The van der Waals surface area contributed by atoms with E-state index in [2.05, 4.69) is 32.9 Å². The Kier molecular flexibility index (Phi) is 8.10. The molecule has 104 valence electrons. The topological polar surface area (TPSA) is 30.7 Å². The number of aromatic nitrogens is 3. The van der Waals surface area contributed by atoms with Gasteiger partial charge in [0.1, 0.15) is 4.60 Å². The highest BCUT2D eigenvalue weighted by atomic mass is 79.9. The van der Waals surface area contributed by atoms with E-state index in [9.17, 15) is 0 Å². The molecule has 0 atom stereocenters. The van der Waals surface area contributed by atoms with Crippen molar-refractivity contribution in [2.75, 3.05) is 5.88 Å². The van der Waals surface area contributed by atoms with Gasteiger partial charge in [0.05, 0.1) is 5.02 Å². The first kappa shape index (κ1) is 16.5. The van der Waals surface area contributed by atoms with Gasteiger partial charge in [0, 0.05) is 18.3 Å². The van der Waals surface area contributed by atoms with E-state index < -0.39 is 0 Å². The molecule has 0 spiro atoms. The molecule has 2 aromatic rings. The standard InChI is InChI=1S/C8H5BrClN3.C5H11Cl/c9-7-3-5-13(12-7)8-6(10)2-1-4-11-8;1-2-3-4-5-6/h1-5H;2-5H2,1H3. The van der Waals surface area contributed by atoms with Crippen molar-refractivity contribution in [3.63, 3.8) is 0 Å². The molecule has 0 aliphatic heterocycles. The Balaban J connectivity index is 0.000000258. The van der Waals surface area contributed by atoms with E-state index in [4.69, 9.17) is 23.2 Å². The first-order valence-corrected chi connectivity index (χ1v) is 7.77. The highest BCUT2D eigenvalue weighted by molar-refractivity contribution is 9.10. The van der Waals surface area contributed by atoms with Crippen LogP contribution in [0.2, 0.25) is 5.02 Å². The van der Waals surface area contributed by atoms with Crippen molar-refractivity contribution in [2.45, 2.75) is 26.2 Å². The van der Waals surface area contributed by atoms with Crippen molar-refractivity contribution >= 4 is 39.1 Å². The maximum atomic E-state index is 5.93. The van der Waals surface area contributed by atoms with Gasteiger partial charge in [-0.25, -0.2) is 9.67 Å². The lowest BCUT2D eigenvalue weighted by atomic mass is 10.3. The minimum absolute atomic E-state index is 0.582. The van der Waals surface area contributed by atoms with E-state index in [1.807, 2.05) is 6.07 Å². The molecule has 0 bridgehead atoms. The summed E-state index contributed by atoms with van der Waals surface area (Å²) >= 11 is 14.6. The fraction of sp³-hybridized carbons (Fsp3) is 0.385. The van der Waals surface area contributed by atoms with E-state index in [-0.39, 0.29) is 0 Å². The molecule has 3 nitrogen and oxygen atoms in total. The molecule has 19 heavy (non-hydrogen) atoms. The minimum atomic E-state index is 0.582. The van der Waals surface area contributed by atoms with Crippen LogP contribution >= 0.6 is 39.1 Å². The van der Waals surface area contributed by atoms with Crippen molar-refractivity contribution < 1.29 is 0 Å². The maximum Gasteiger partial charge on any atom is 0.172 e. The van der Waals surface area contributed by atoms with Crippen LogP contribution in [0.1, 0.15) is 26.2 Å². The van der Waals surface area contributed by atoms with E-state index in [0.717, 1.165) is 10.5 Å². The predicted molar refractivity (Wildman–Crippen MR) is 84.3 cm³/mol. The van der Waals surface area contributed by atoms with E-state index in [0.29, 0.717) is 10.8 Å². The van der Waals surface area contributed by atoms with Gasteiger partial charge in [-0.05, 0) is 40.5 Å². The second-order valence-corrected chi connectivity index (χ2v) is 5.39. The summed E-state index contributed by atoms with van der Waals surface area (Å²) in [6, 6.07) is 5.38. The monoisotopic (exact) mass is 363 g/mol. The molecule has 0 saturated heterocycles. The van der Waals surface area contributed by atoms with Crippen molar-refractivity contribution in [1.82, 2.24) is 14.8 Å². The van der Waals surface area contributed by atoms with Crippen LogP contribution in [0.25, 0.3) is 5.82 Å². The average Bonchev–Trinajstić information content (AvgIpc) is 2.84. The Morgan fingerprint density at radius 3 is 2.58 bits per heavy atom. The lowest BCUT2D eigenvalue weighted by molar-refractivity contribution is 0.776. The van der Waals surface area contributed by atoms with Crippen LogP contribution < -0.4 is 0 Å². The smallest absolute Gasteiger partial charge is 0.172 e. The van der Waals surface area contributed by atoms with E-state index in [1.54, 1.807) is 29.2 Å². The summed E-state index contributed by atoms with van der Waals surface area (Å²) in [5, 5.41) is 4.71. The Hall–Kier alpha value is -0.580. The molecule has 0 unspecified atom stereocenters. The Morgan fingerprint density at radius 1 is 1.32 bits per heavy atom. The fourth-order valence-corrected chi connectivity index (χ4v) is 2.00. The first-order chi connectivity index (χ1) is 9.19. The summed E-state index contributed by atoms with van der Waals surface area (Å²) in [4.78, 5) is 4.11. The number of unbranched alkanes of at least 4 members (excludes halogenated alkanes) is 2. The quantitative estimate of drug-likeness (QED) is 0.558. The van der Waals surface area contributed by atoms with Gasteiger partial charge in [0.25, 0.3) is 0 Å². The Morgan fingerprint density at radius 2 is 2.11 bits per heavy atom. The number of pyridine rings is 1. The van der Waals surface area contributed by atoms with E-state index >= 15 is 0 Å². The van der Waals surface area contributed by atoms with Gasteiger partial charge in [-0.1, -0.05) is 31.4 Å². The number of hydrogen-bond acceptors (Lipinski definition) is 2. The fourth-order valence-electron chi connectivity index (χ4n) is 1.31. The summed E-state index contributed by atoms with van der Waals surface area (Å²) < 4.78 is 2.38. The van der Waals surface area contributed by atoms with Gasteiger partial charge in [-0.3, -0.25) is 0 Å². The molecule has 0 aliphatic rings. The van der Waals surface area contributed by atoms with Crippen LogP contribution in [-0.2, 0) is 0 Å². The van der Waals surface area contributed by atoms with Crippen LogP contribution in [0.5, 0.6) is 0 Å². The number of alkyl halides is 1.